The summed E-state index contributed by atoms with van der Waals surface area (Å²) in [7, 11) is 0. The van der Waals surface area contributed by atoms with Crippen molar-refractivity contribution in [3.8, 4) is 0 Å². The number of thioether (sulfide) groups is 1. The van der Waals surface area contributed by atoms with Gasteiger partial charge in [0.15, 0.2) is 0 Å². The number of hydrogen-bond acceptors (Lipinski definition) is 4. The van der Waals surface area contributed by atoms with Crippen molar-refractivity contribution in [2.24, 2.45) is 0 Å². The second-order valence-electron chi connectivity index (χ2n) is 4.79. The molecule has 2 nitrogen and oxygen atoms in total. The topological polar surface area (TPSA) is 40.5 Å². The van der Waals surface area contributed by atoms with E-state index in [2.05, 4.69) is 23.6 Å². The molecule has 0 radical (unpaired) electrons. The smallest absolute Gasteiger partial charge is 0.0933 e. The lowest BCUT2D eigenvalue weighted by Gasteiger charge is -2.21. The van der Waals surface area contributed by atoms with Crippen LogP contribution in [0.15, 0.2) is 64.9 Å². The lowest BCUT2D eigenvalue weighted by molar-refractivity contribution is 0.0931. The SMILES string of the molecule is OC[C@H](O)[C@H](Sc1cccc2sccc12)c1ccccc1. The highest BCUT2D eigenvalue weighted by Crippen LogP contribution is 2.41. The largest absolute Gasteiger partial charge is 0.394 e. The fourth-order valence-electron chi connectivity index (χ4n) is 2.31. The zero-order valence-electron chi connectivity index (χ0n) is 11.3. The average molecular weight is 316 g/mol. The van der Waals surface area contributed by atoms with Crippen LogP contribution in [0.25, 0.3) is 10.1 Å². The van der Waals surface area contributed by atoms with Crippen LogP contribution in [-0.4, -0.2) is 22.9 Å². The van der Waals surface area contributed by atoms with Crippen molar-refractivity contribution in [2.45, 2.75) is 16.2 Å². The van der Waals surface area contributed by atoms with Gasteiger partial charge in [-0.1, -0.05) is 36.4 Å². The van der Waals surface area contributed by atoms with Gasteiger partial charge < -0.3 is 10.2 Å². The van der Waals surface area contributed by atoms with Gasteiger partial charge in [0, 0.05) is 15.0 Å². The van der Waals surface area contributed by atoms with E-state index in [1.807, 2.05) is 36.4 Å². The van der Waals surface area contributed by atoms with Crippen molar-refractivity contribution in [3.63, 3.8) is 0 Å². The summed E-state index contributed by atoms with van der Waals surface area (Å²) in [4.78, 5) is 1.13. The molecule has 1 aromatic heterocycles. The van der Waals surface area contributed by atoms with Crippen LogP contribution in [0, 0.1) is 0 Å². The molecule has 0 aliphatic heterocycles. The first-order valence-corrected chi connectivity index (χ1v) is 8.52. The maximum Gasteiger partial charge on any atom is 0.0933 e. The molecule has 2 atom stereocenters. The van der Waals surface area contributed by atoms with E-state index in [-0.39, 0.29) is 11.9 Å². The van der Waals surface area contributed by atoms with E-state index in [0.29, 0.717) is 0 Å². The molecule has 21 heavy (non-hydrogen) atoms. The second kappa shape index (κ2) is 6.62. The van der Waals surface area contributed by atoms with E-state index in [0.717, 1.165) is 10.5 Å². The van der Waals surface area contributed by atoms with Crippen molar-refractivity contribution >= 4 is 33.2 Å². The number of thiophene rings is 1. The normalized spacial score (nSPS) is 14.2. The van der Waals surface area contributed by atoms with Crippen LogP contribution in [-0.2, 0) is 0 Å². The Morgan fingerprint density at radius 2 is 1.81 bits per heavy atom. The van der Waals surface area contributed by atoms with Crippen LogP contribution in [0.5, 0.6) is 0 Å². The van der Waals surface area contributed by atoms with E-state index in [1.165, 1.54) is 10.1 Å². The van der Waals surface area contributed by atoms with Gasteiger partial charge in [0.25, 0.3) is 0 Å². The van der Waals surface area contributed by atoms with Crippen molar-refractivity contribution in [2.75, 3.05) is 6.61 Å². The van der Waals surface area contributed by atoms with E-state index < -0.39 is 6.10 Å². The summed E-state index contributed by atoms with van der Waals surface area (Å²) in [6, 6.07) is 18.2. The minimum atomic E-state index is -0.786. The number of hydrogen-bond donors (Lipinski definition) is 2. The van der Waals surface area contributed by atoms with Gasteiger partial charge in [0.2, 0.25) is 0 Å². The minimum absolute atomic E-state index is 0.179. The molecule has 0 amide bonds. The molecule has 0 bridgehead atoms. The maximum absolute atomic E-state index is 10.2. The molecule has 108 valence electrons. The van der Waals surface area contributed by atoms with Gasteiger partial charge in [0.1, 0.15) is 0 Å². The Morgan fingerprint density at radius 3 is 2.57 bits per heavy atom. The van der Waals surface area contributed by atoms with Crippen molar-refractivity contribution in [1.82, 2.24) is 0 Å². The third kappa shape index (κ3) is 3.14. The van der Waals surface area contributed by atoms with E-state index >= 15 is 0 Å². The van der Waals surface area contributed by atoms with Gasteiger partial charge in [-0.25, -0.2) is 0 Å². The first-order chi connectivity index (χ1) is 10.3. The standard InChI is InChI=1S/C17H16O2S2/c18-11-14(19)17(12-5-2-1-3-6-12)21-16-8-4-7-15-13(16)9-10-20-15/h1-10,14,17-19H,11H2/t14-,17+/m0/s1. The van der Waals surface area contributed by atoms with Gasteiger partial charge in [-0.3, -0.25) is 0 Å². The lowest BCUT2D eigenvalue weighted by Crippen LogP contribution is -2.20. The molecule has 2 aromatic carbocycles. The second-order valence-corrected chi connectivity index (χ2v) is 6.92. The molecule has 1 heterocycles. The van der Waals surface area contributed by atoms with Crippen LogP contribution in [0.3, 0.4) is 0 Å². The molecule has 4 heteroatoms. The Balaban J connectivity index is 1.97. The summed E-state index contributed by atoms with van der Waals surface area (Å²) in [6.45, 7) is -0.244. The fraction of sp³-hybridized carbons (Fsp3) is 0.176. The van der Waals surface area contributed by atoms with Gasteiger partial charge in [0.05, 0.1) is 18.0 Å². The third-order valence-electron chi connectivity index (χ3n) is 3.37. The summed E-state index contributed by atoms with van der Waals surface area (Å²) >= 11 is 3.32. The van der Waals surface area contributed by atoms with Crippen molar-refractivity contribution in [3.05, 3.63) is 65.5 Å². The maximum atomic E-state index is 10.2. The molecule has 2 N–H and O–H groups in total. The van der Waals surface area contributed by atoms with Gasteiger partial charge in [-0.15, -0.1) is 23.1 Å². The van der Waals surface area contributed by atoms with Crippen LogP contribution < -0.4 is 0 Å². The molecular weight excluding hydrogens is 300 g/mol. The van der Waals surface area contributed by atoms with E-state index in [1.54, 1.807) is 23.1 Å². The third-order valence-corrected chi connectivity index (χ3v) is 5.71. The molecule has 3 rings (SSSR count). The predicted molar refractivity (Wildman–Crippen MR) is 90.0 cm³/mol. The number of aliphatic hydroxyl groups excluding tert-OH is 2. The molecule has 0 unspecified atom stereocenters. The summed E-state index contributed by atoms with van der Waals surface area (Å²) in [5, 5.41) is 22.6. The fourth-order valence-corrected chi connectivity index (χ4v) is 4.46. The number of fused-ring (bicyclic) bond motifs is 1. The van der Waals surface area contributed by atoms with Crippen LogP contribution in [0.1, 0.15) is 10.8 Å². The Morgan fingerprint density at radius 1 is 1.00 bits per heavy atom. The van der Waals surface area contributed by atoms with E-state index in [4.69, 9.17) is 0 Å². The molecule has 0 spiro atoms. The Hall–Kier alpha value is -1.33. The van der Waals surface area contributed by atoms with Crippen molar-refractivity contribution in [1.29, 1.82) is 0 Å². The quantitative estimate of drug-likeness (QED) is 0.697. The molecule has 0 aliphatic rings. The summed E-state index contributed by atoms with van der Waals surface area (Å²) < 4.78 is 1.24. The molecule has 0 saturated heterocycles. The van der Waals surface area contributed by atoms with Gasteiger partial charge in [-0.05, 0) is 29.1 Å². The van der Waals surface area contributed by atoms with Crippen LogP contribution >= 0.6 is 23.1 Å². The minimum Gasteiger partial charge on any atom is -0.394 e. The first-order valence-electron chi connectivity index (χ1n) is 6.76. The lowest BCUT2D eigenvalue weighted by atomic mass is 10.1. The molecule has 0 fully saturated rings. The van der Waals surface area contributed by atoms with Crippen LogP contribution in [0.2, 0.25) is 0 Å². The average Bonchev–Trinajstić information content (AvgIpc) is 3.02. The first kappa shape index (κ1) is 14.6. The zero-order chi connectivity index (χ0) is 14.7. The van der Waals surface area contributed by atoms with E-state index in [9.17, 15) is 10.2 Å². The number of aliphatic hydroxyl groups is 2. The summed E-state index contributed by atoms with van der Waals surface area (Å²) in [5.74, 6) is 0. The Labute approximate surface area is 132 Å². The molecular formula is C17H16O2S2. The Kier molecular flexibility index (Phi) is 4.60. The van der Waals surface area contributed by atoms with Crippen molar-refractivity contribution < 1.29 is 10.2 Å². The van der Waals surface area contributed by atoms with Crippen LogP contribution in [0.4, 0.5) is 0 Å². The molecule has 0 aliphatic carbocycles. The molecule has 3 aromatic rings. The zero-order valence-corrected chi connectivity index (χ0v) is 13.0. The summed E-state index contributed by atoms with van der Waals surface area (Å²) in [6.07, 6.45) is -0.786. The molecule has 0 saturated carbocycles. The summed E-state index contributed by atoms with van der Waals surface area (Å²) in [5.41, 5.74) is 1.02. The highest BCUT2D eigenvalue weighted by Gasteiger charge is 2.22. The van der Waals surface area contributed by atoms with Gasteiger partial charge in [-0.2, -0.15) is 0 Å². The Bertz CT molecular complexity index is 709. The van der Waals surface area contributed by atoms with Gasteiger partial charge >= 0.3 is 0 Å². The predicted octanol–water partition coefficient (Wildman–Crippen LogP) is 4.09. The highest BCUT2D eigenvalue weighted by atomic mass is 32.2. The monoisotopic (exact) mass is 316 g/mol. The number of benzene rings is 2. The highest BCUT2D eigenvalue weighted by molar-refractivity contribution is 7.99. The number of rotatable bonds is 5.